The number of benzene rings is 1. The van der Waals surface area contributed by atoms with E-state index in [1.54, 1.807) is 7.11 Å². The van der Waals surface area contributed by atoms with E-state index < -0.39 is 5.97 Å². The van der Waals surface area contributed by atoms with E-state index >= 15 is 0 Å². The zero-order chi connectivity index (χ0) is 15.7. The molecule has 3 N–H and O–H groups in total. The van der Waals surface area contributed by atoms with Crippen molar-refractivity contribution in [3.8, 4) is 5.75 Å². The van der Waals surface area contributed by atoms with Gasteiger partial charge in [0, 0.05) is 19.5 Å². The Balaban J connectivity index is 2.34. The molecule has 6 nitrogen and oxygen atoms in total. The number of methoxy groups -OCH3 is 1. The van der Waals surface area contributed by atoms with Crippen LogP contribution in [0.2, 0.25) is 0 Å². The molecule has 0 saturated heterocycles. The van der Waals surface area contributed by atoms with Crippen LogP contribution in [0.4, 0.5) is 4.79 Å². The summed E-state index contributed by atoms with van der Waals surface area (Å²) in [5.74, 6) is -0.160. The fraction of sp³-hybridized carbons (Fsp3) is 0.467. The average Bonchev–Trinajstić information content (AvgIpc) is 2.49. The Kier molecular flexibility index (Phi) is 7.08. The molecule has 0 saturated carbocycles. The van der Waals surface area contributed by atoms with Crippen LogP contribution in [0.3, 0.4) is 0 Å². The zero-order valence-corrected chi connectivity index (χ0v) is 12.4. The third kappa shape index (κ3) is 6.65. The lowest BCUT2D eigenvalue weighted by molar-refractivity contribution is -0.138. The minimum absolute atomic E-state index is 0.0509. The molecule has 0 spiro atoms. The second-order valence-electron chi connectivity index (χ2n) is 4.79. The molecule has 0 aliphatic heterocycles. The number of hydrogen-bond acceptors (Lipinski definition) is 3. The van der Waals surface area contributed by atoms with Gasteiger partial charge in [-0.3, -0.25) is 4.79 Å². The first-order chi connectivity index (χ1) is 10.0. The quantitative estimate of drug-likeness (QED) is 0.684. The fourth-order valence-electron chi connectivity index (χ4n) is 1.87. The number of carbonyl (C=O) groups excluding carboxylic acids is 1. The van der Waals surface area contributed by atoms with Gasteiger partial charge in [-0.25, -0.2) is 4.79 Å². The van der Waals surface area contributed by atoms with Gasteiger partial charge in [0.25, 0.3) is 0 Å². The van der Waals surface area contributed by atoms with Crippen molar-refractivity contribution in [1.29, 1.82) is 0 Å². The zero-order valence-electron chi connectivity index (χ0n) is 12.4. The Hall–Kier alpha value is -2.24. The standard InChI is InChI=1S/C15H22N2O4/c1-3-11(8-14(18)19)9-16-15(20)17-10-12-5-4-6-13(7-12)21-2/h4-7,11H,3,8-10H2,1-2H3,(H,18,19)(H2,16,17,20). The number of nitrogens with one attached hydrogen (secondary N) is 2. The first kappa shape index (κ1) is 16.8. The molecular formula is C15H22N2O4. The molecule has 6 heteroatoms. The number of ether oxygens (including phenoxy) is 1. The highest BCUT2D eigenvalue weighted by atomic mass is 16.5. The second kappa shape index (κ2) is 8.84. The van der Waals surface area contributed by atoms with Gasteiger partial charge in [-0.1, -0.05) is 25.5 Å². The van der Waals surface area contributed by atoms with Crippen LogP contribution in [0.25, 0.3) is 0 Å². The van der Waals surface area contributed by atoms with Crippen LogP contribution in [0, 0.1) is 5.92 Å². The number of carboxylic acid groups (broad SMARTS) is 1. The monoisotopic (exact) mass is 294 g/mol. The van der Waals surface area contributed by atoms with Crippen LogP contribution in [-0.4, -0.2) is 30.8 Å². The fourth-order valence-corrected chi connectivity index (χ4v) is 1.87. The van der Waals surface area contributed by atoms with Gasteiger partial charge in [-0.2, -0.15) is 0 Å². The smallest absolute Gasteiger partial charge is 0.315 e. The van der Waals surface area contributed by atoms with Crippen molar-refractivity contribution >= 4 is 12.0 Å². The molecule has 21 heavy (non-hydrogen) atoms. The Bertz CT molecular complexity index is 476. The van der Waals surface area contributed by atoms with Crippen LogP contribution in [-0.2, 0) is 11.3 Å². The molecule has 2 amide bonds. The van der Waals surface area contributed by atoms with Crippen LogP contribution in [0.1, 0.15) is 25.3 Å². The third-order valence-corrected chi connectivity index (χ3v) is 3.18. The Morgan fingerprint density at radius 2 is 2.10 bits per heavy atom. The number of carboxylic acids is 1. The molecule has 0 aliphatic carbocycles. The lowest BCUT2D eigenvalue weighted by Crippen LogP contribution is -2.38. The summed E-state index contributed by atoms with van der Waals surface area (Å²) >= 11 is 0. The summed E-state index contributed by atoms with van der Waals surface area (Å²) in [6, 6.07) is 7.12. The molecule has 116 valence electrons. The predicted molar refractivity (Wildman–Crippen MR) is 79.3 cm³/mol. The molecular weight excluding hydrogens is 272 g/mol. The van der Waals surface area contributed by atoms with E-state index in [1.807, 2.05) is 31.2 Å². The predicted octanol–water partition coefficient (Wildman–Crippen LogP) is 2.00. The summed E-state index contributed by atoms with van der Waals surface area (Å²) in [5, 5.41) is 14.2. The van der Waals surface area contributed by atoms with Crippen molar-refractivity contribution in [1.82, 2.24) is 10.6 Å². The summed E-state index contributed by atoms with van der Waals surface area (Å²) in [6.07, 6.45) is 0.773. The first-order valence-electron chi connectivity index (χ1n) is 6.91. The van der Waals surface area contributed by atoms with Crippen molar-refractivity contribution in [3.63, 3.8) is 0 Å². The van der Waals surface area contributed by atoms with Crippen molar-refractivity contribution in [2.45, 2.75) is 26.3 Å². The summed E-state index contributed by atoms with van der Waals surface area (Å²) in [7, 11) is 1.59. The normalized spacial score (nSPS) is 11.5. The van der Waals surface area contributed by atoms with Crippen molar-refractivity contribution in [3.05, 3.63) is 29.8 Å². The number of aliphatic carboxylic acids is 1. The number of rotatable bonds is 8. The van der Waals surface area contributed by atoms with Crippen LogP contribution >= 0.6 is 0 Å². The van der Waals surface area contributed by atoms with Crippen molar-refractivity contribution < 1.29 is 19.4 Å². The van der Waals surface area contributed by atoms with E-state index in [2.05, 4.69) is 10.6 Å². The molecule has 0 aromatic heterocycles. The Morgan fingerprint density at radius 3 is 2.71 bits per heavy atom. The second-order valence-corrected chi connectivity index (χ2v) is 4.79. The maximum Gasteiger partial charge on any atom is 0.315 e. The maximum atomic E-state index is 11.7. The van der Waals surface area contributed by atoms with E-state index in [-0.39, 0.29) is 18.4 Å². The average molecular weight is 294 g/mol. The van der Waals surface area contributed by atoms with Gasteiger partial charge < -0.3 is 20.5 Å². The molecule has 0 bridgehead atoms. The highest BCUT2D eigenvalue weighted by Crippen LogP contribution is 2.12. The molecule has 0 radical (unpaired) electrons. The summed E-state index contributed by atoms with van der Waals surface area (Å²) < 4.78 is 5.11. The van der Waals surface area contributed by atoms with Crippen molar-refractivity contribution in [2.75, 3.05) is 13.7 Å². The molecule has 1 aromatic carbocycles. The van der Waals surface area contributed by atoms with Crippen LogP contribution < -0.4 is 15.4 Å². The van der Waals surface area contributed by atoms with E-state index in [4.69, 9.17) is 9.84 Å². The number of hydrogen-bond donors (Lipinski definition) is 3. The largest absolute Gasteiger partial charge is 0.497 e. The Morgan fingerprint density at radius 1 is 1.33 bits per heavy atom. The first-order valence-corrected chi connectivity index (χ1v) is 6.91. The van der Waals surface area contributed by atoms with Crippen molar-refractivity contribution in [2.24, 2.45) is 5.92 Å². The highest BCUT2D eigenvalue weighted by molar-refractivity contribution is 5.74. The third-order valence-electron chi connectivity index (χ3n) is 3.18. The number of urea groups is 1. The molecule has 1 rings (SSSR count). The molecule has 0 heterocycles. The van der Waals surface area contributed by atoms with Gasteiger partial charge in [-0.05, 0) is 23.6 Å². The summed E-state index contributed by atoms with van der Waals surface area (Å²) in [5.41, 5.74) is 0.932. The lowest BCUT2D eigenvalue weighted by Gasteiger charge is -2.14. The van der Waals surface area contributed by atoms with E-state index in [1.165, 1.54) is 0 Å². The highest BCUT2D eigenvalue weighted by Gasteiger charge is 2.12. The van der Waals surface area contributed by atoms with E-state index in [0.29, 0.717) is 19.5 Å². The van der Waals surface area contributed by atoms with Crippen LogP contribution in [0.5, 0.6) is 5.75 Å². The van der Waals surface area contributed by atoms with E-state index in [9.17, 15) is 9.59 Å². The molecule has 1 aromatic rings. The molecule has 0 aliphatic rings. The molecule has 1 atom stereocenters. The molecule has 1 unspecified atom stereocenters. The minimum Gasteiger partial charge on any atom is -0.497 e. The van der Waals surface area contributed by atoms with Gasteiger partial charge in [0.05, 0.1) is 7.11 Å². The van der Waals surface area contributed by atoms with Gasteiger partial charge in [-0.15, -0.1) is 0 Å². The van der Waals surface area contributed by atoms with Gasteiger partial charge in [0.2, 0.25) is 0 Å². The van der Waals surface area contributed by atoms with Crippen LogP contribution in [0.15, 0.2) is 24.3 Å². The maximum absolute atomic E-state index is 11.7. The van der Waals surface area contributed by atoms with Gasteiger partial charge >= 0.3 is 12.0 Å². The Labute approximate surface area is 124 Å². The number of amides is 2. The molecule has 0 fully saturated rings. The van der Waals surface area contributed by atoms with Gasteiger partial charge in [0.1, 0.15) is 5.75 Å². The lowest BCUT2D eigenvalue weighted by atomic mass is 10.0. The summed E-state index contributed by atoms with van der Waals surface area (Å²) in [6.45, 7) is 2.65. The number of carbonyl (C=O) groups is 2. The van der Waals surface area contributed by atoms with E-state index in [0.717, 1.165) is 11.3 Å². The topological polar surface area (TPSA) is 87.7 Å². The van der Waals surface area contributed by atoms with Gasteiger partial charge in [0.15, 0.2) is 0 Å². The summed E-state index contributed by atoms with van der Waals surface area (Å²) in [4.78, 5) is 22.3. The minimum atomic E-state index is -0.847. The SMILES string of the molecule is CCC(CNC(=O)NCc1cccc(OC)c1)CC(=O)O.